The molecule has 0 aliphatic heterocycles. The van der Waals surface area contributed by atoms with E-state index >= 15 is 0 Å². The van der Waals surface area contributed by atoms with Crippen molar-refractivity contribution in [2.24, 2.45) is 0 Å². The van der Waals surface area contributed by atoms with Crippen LogP contribution in [0.1, 0.15) is 16.1 Å². The van der Waals surface area contributed by atoms with Crippen LogP contribution >= 0.6 is 0 Å². The molecule has 0 radical (unpaired) electrons. The number of H-pyrrole nitrogens is 1. The minimum atomic E-state index is -0.165. The van der Waals surface area contributed by atoms with Gasteiger partial charge in [-0.1, -0.05) is 0 Å². The Hall–Kier alpha value is -2.50. The average Bonchev–Trinajstić information content (AvgIpc) is 2.99. The first kappa shape index (κ1) is 13.9. The molecule has 0 saturated carbocycles. The maximum absolute atomic E-state index is 12.1. The van der Waals surface area contributed by atoms with Crippen molar-refractivity contribution < 1.29 is 14.3 Å². The smallest absolute Gasteiger partial charge is 0.251 e. The second-order valence-corrected chi connectivity index (χ2v) is 4.19. The molecule has 0 saturated heterocycles. The van der Waals surface area contributed by atoms with E-state index in [-0.39, 0.29) is 5.91 Å². The summed E-state index contributed by atoms with van der Waals surface area (Å²) < 4.78 is 10.3. The lowest BCUT2D eigenvalue weighted by Crippen LogP contribution is -2.25. The highest BCUT2D eigenvalue weighted by molar-refractivity contribution is 5.95. The molecule has 0 aliphatic rings. The molecular weight excluding hydrogens is 258 g/mol. The number of nitrogens with one attached hydrogen (secondary N) is 2. The molecule has 1 heterocycles. The number of hydrogen-bond acceptors (Lipinski definition) is 4. The van der Waals surface area contributed by atoms with Gasteiger partial charge in [-0.2, -0.15) is 5.10 Å². The Morgan fingerprint density at radius 2 is 1.95 bits per heavy atom. The van der Waals surface area contributed by atoms with Gasteiger partial charge in [0.1, 0.15) is 11.5 Å². The lowest BCUT2D eigenvalue weighted by molar-refractivity contribution is 0.0953. The molecule has 0 bridgehead atoms. The molecule has 20 heavy (non-hydrogen) atoms. The first-order chi connectivity index (χ1) is 9.72. The topological polar surface area (TPSA) is 76.2 Å². The van der Waals surface area contributed by atoms with Crippen LogP contribution in [-0.2, 0) is 6.42 Å². The van der Waals surface area contributed by atoms with Crippen molar-refractivity contribution >= 4 is 5.91 Å². The number of ether oxygens (including phenoxy) is 2. The fourth-order valence-electron chi connectivity index (χ4n) is 1.78. The van der Waals surface area contributed by atoms with E-state index in [9.17, 15) is 4.79 Å². The average molecular weight is 275 g/mol. The van der Waals surface area contributed by atoms with Crippen LogP contribution in [0.25, 0.3) is 0 Å². The number of nitrogens with zero attached hydrogens (tertiary/aromatic N) is 1. The standard InChI is InChI=1S/C14H17N3O3/c1-19-12-7-10(8-13(9-12)20-2)14(18)15-5-3-11-4-6-16-17-11/h4,6-9H,3,5H2,1-2H3,(H,15,18)(H,16,17). The summed E-state index contributed by atoms with van der Waals surface area (Å²) in [5.41, 5.74) is 1.49. The van der Waals surface area contributed by atoms with Crippen molar-refractivity contribution in [2.75, 3.05) is 20.8 Å². The summed E-state index contributed by atoms with van der Waals surface area (Å²) in [5.74, 6) is 1.01. The number of carbonyl (C=O) groups excluding carboxylic acids is 1. The van der Waals surface area contributed by atoms with E-state index in [1.165, 1.54) is 0 Å². The summed E-state index contributed by atoms with van der Waals surface area (Å²) in [6, 6.07) is 6.95. The third kappa shape index (κ3) is 3.50. The molecule has 1 aromatic heterocycles. The number of carbonyl (C=O) groups is 1. The summed E-state index contributed by atoms with van der Waals surface area (Å²) in [4.78, 5) is 12.1. The summed E-state index contributed by atoms with van der Waals surface area (Å²) in [7, 11) is 3.10. The number of amides is 1. The minimum absolute atomic E-state index is 0.165. The Balaban J connectivity index is 1.97. The molecule has 1 amide bonds. The fourth-order valence-corrected chi connectivity index (χ4v) is 1.78. The second-order valence-electron chi connectivity index (χ2n) is 4.19. The number of aromatic nitrogens is 2. The molecule has 2 rings (SSSR count). The van der Waals surface area contributed by atoms with E-state index in [0.29, 0.717) is 30.0 Å². The van der Waals surface area contributed by atoms with E-state index in [0.717, 1.165) is 5.69 Å². The Bertz CT molecular complexity index is 545. The number of rotatable bonds is 6. The van der Waals surface area contributed by atoms with Gasteiger partial charge >= 0.3 is 0 Å². The van der Waals surface area contributed by atoms with Crippen LogP contribution in [0.3, 0.4) is 0 Å². The van der Waals surface area contributed by atoms with Crippen molar-refractivity contribution in [2.45, 2.75) is 6.42 Å². The van der Waals surface area contributed by atoms with Gasteiger partial charge in [0.15, 0.2) is 0 Å². The van der Waals surface area contributed by atoms with Crippen LogP contribution in [-0.4, -0.2) is 36.9 Å². The van der Waals surface area contributed by atoms with E-state index in [1.54, 1.807) is 38.6 Å². The van der Waals surface area contributed by atoms with Crippen LogP contribution in [0, 0.1) is 0 Å². The molecule has 6 heteroatoms. The first-order valence-electron chi connectivity index (χ1n) is 6.22. The Morgan fingerprint density at radius 1 is 1.25 bits per heavy atom. The molecule has 2 N–H and O–H groups in total. The molecule has 0 fully saturated rings. The molecule has 0 aliphatic carbocycles. The van der Waals surface area contributed by atoms with Crippen LogP contribution in [0.4, 0.5) is 0 Å². The van der Waals surface area contributed by atoms with Gasteiger partial charge in [-0.3, -0.25) is 9.89 Å². The molecular formula is C14H17N3O3. The van der Waals surface area contributed by atoms with Gasteiger partial charge in [-0.15, -0.1) is 0 Å². The predicted molar refractivity (Wildman–Crippen MR) is 74.2 cm³/mol. The number of methoxy groups -OCH3 is 2. The zero-order chi connectivity index (χ0) is 14.4. The van der Waals surface area contributed by atoms with E-state index in [1.807, 2.05) is 6.07 Å². The van der Waals surface area contributed by atoms with Crippen LogP contribution < -0.4 is 14.8 Å². The predicted octanol–water partition coefficient (Wildman–Crippen LogP) is 1.40. The van der Waals surface area contributed by atoms with Gasteiger partial charge in [0.2, 0.25) is 0 Å². The third-order valence-corrected chi connectivity index (χ3v) is 2.85. The van der Waals surface area contributed by atoms with Crippen molar-refractivity contribution in [1.82, 2.24) is 15.5 Å². The highest BCUT2D eigenvalue weighted by Crippen LogP contribution is 2.22. The normalized spacial score (nSPS) is 10.1. The quantitative estimate of drug-likeness (QED) is 0.835. The summed E-state index contributed by atoms with van der Waals surface area (Å²) in [6.07, 6.45) is 2.39. The van der Waals surface area contributed by atoms with E-state index in [4.69, 9.17) is 9.47 Å². The molecule has 0 atom stereocenters. The lowest BCUT2D eigenvalue weighted by atomic mass is 10.2. The SMILES string of the molecule is COc1cc(OC)cc(C(=O)NCCc2ccn[nH]2)c1. The Kier molecular flexibility index (Phi) is 4.60. The Labute approximate surface area is 117 Å². The minimum Gasteiger partial charge on any atom is -0.497 e. The lowest BCUT2D eigenvalue weighted by Gasteiger charge is -2.09. The summed E-state index contributed by atoms with van der Waals surface area (Å²) in [6.45, 7) is 0.528. The molecule has 6 nitrogen and oxygen atoms in total. The Morgan fingerprint density at radius 3 is 2.50 bits per heavy atom. The van der Waals surface area contributed by atoms with Crippen molar-refractivity contribution in [1.29, 1.82) is 0 Å². The van der Waals surface area contributed by atoms with Gasteiger partial charge in [0.05, 0.1) is 14.2 Å². The van der Waals surface area contributed by atoms with Crippen LogP contribution in [0.2, 0.25) is 0 Å². The first-order valence-corrected chi connectivity index (χ1v) is 6.22. The van der Waals surface area contributed by atoms with Gasteiger partial charge in [0.25, 0.3) is 5.91 Å². The van der Waals surface area contributed by atoms with Crippen LogP contribution in [0.5, 0.6) is 11.5 Å². The van der Waals surface area contributed by atoms with Crippen molar-refractivity contribution in [3.63, 3.8) is 0 Å². The molecule has 2 aromatic rings. The van der Waals surface area contributed by atoms with Crippen molar-refractivity contribution in [3.05, 3.63) is 41.7 Å². The highest BCUT2D eigenvalue weighted by atomic mass is 16.5. The van der Waals surface area contributed by atoms with Crippen LogP contribution in [0.15, 0.2) is 30.5 Å². The zero-order valence-corrected chi connectivity index (χ0v) is 11.5. The number of aromatic amines is 1. The van der Waals surface area contributed by atoms with Gasteiger partial charge in [0, 0.05) is 36.5 Å². The highest BCUT2D eigenvalue weighted by Gasteiger charge is 2.09. The maximum Gasteiger partial charge on any atom is 0.251 e. The van der Waals surface area contributed by atoms with E-state index < -0.39 is 0 Å². The molecule has 0 unspecified atom stereocenters. The monoisotopic (exact) mass is 275 g/mol. The third-order valence-electron chi connectivity index (χ3n) is 2.85. The van der Waals surface area contributed by atoms with Gasteiger partial charge in [-0.25, -0.2) is 0 Å². The largest absolute Gasteiger partial charge is 0.497 e. The number of benzene rings is 1. The van der Waals surface area contributed by atoms with Gasteiger partial charge in [-0.05, 0) is 18.2 Å². The van der Waals surface area contributed by atoms with Gasteiger partial charge < -0.3 is 14.8 Å². The second kappa shape index (κ2) is 6.60. The summed E-state index contributed by atoms with van der Waals surface area (Å²) >= 11 is 0. The summed E-state index contributed by atoms with van der Waals surface area (Å²) in [5, 5.41) is 9.54. The fraction of sp³-hybridized carbons (Fsp3) is 0.286. The number of hydrogen-bond donors (Lipinski definition) is 2. The molecule has 0 spiro atoms. The molecule has 106 valence electrons. The zero-order valence-electron chi connectivity index (χ0n) is 11.5. The molecule has 1 aromatic carbocycles. The van der Waals surface area contributed by atoms with E-state index in [2.05, 4.69) is 15.5 Å². The van der Waals surface area contributed by atoms with Crippen molar-refractivity contribution in [3.8, 4) is 11.5 Å². The maximum atomic E-state index is 12.1.